The van der Waals surface area contributed by atoms with Gasteiger partial charge in [-0.05, 0) is 6.07 Å². The quantitative estimate of drug-likeness (QED) is 0.734. The fourth-order valence-corrected chi connectivity index (χ4v) is 2.38. The van der Waals surface area contributed by atoms with Gasteiger partial charge in [0.05, 0.1) is 18.7 Å². The molecule has 0 saturated carbocycles. The minimum atomic E-state index is -0.304. The third-order valence-corrected chi connectivity index (χ3v) is 3.55. The van der Waals surface area contributed by atoms with E-state index in [9.17, 15) is 9.59 Å². The number of nitrogens with zero attached hydrogens (tertiary/aromatic N) is 3. The van der Waals surface area contributed by atoms with Crippen molar-refractivity contribution in [2.24, 2.45) is 0 Å². The third-order valence-electron chi connectivity index (χ3n) is 3.55. The topological polar surface area (TPSA) is 104 Å². The Balaban J connectivity index is 1.60. The van der Waals surface area contributed by atoms with Crippen molar-refractivity contribution in [1.82, 2.24) is 25.4 Å². The summed E-state index contributed by atoms with van der Waals surface area (Å²) in [6.07, 6.45) is 1.66. The molecule has 0 aliphatic rings. The van der Waals surface area contributed by atoms with Crippen LogP contribution >= 0.6 is 0 Å². The van der Waals surface area contributed by atoms with Crippen molar-refractivity contribution < 1.29 is 14.0 Å². The number of para-hydroxylation sites is 1. The van der Waals surface area contributed by atoms with Crippen LogP contribution in [0.3, 0.4) is 0 Å². The molecule has 8 nitrogen and oxygen atoms in total. The molecular formula is C16H17N5O3. The number of H-pyrrole nitrogens is 1. The number of carbonyl (C=O) groups excluding carboxylic acids is 2. The highest BCUT2D eigenvalue weighted by Crippen LogP contribution is 2.18. The monoisotopic (exact) mass is 327 g/mol. The van der Waals surface area contributed by atoms with Crippen LogP contribution in [0, 0.1) is 6.92 Å². The number of hydrogen-bond donors (Lipinski definition) is 2. The lowest BCUT2D eigenvalue weighted by atomic mass is 10.1. The normalized spacial score (nSPS) is 10.8. The van der Waals surface area contributed by atoms with Crippen molar-refractivity contribution in [3.05, 3.63) is 47.8 Å². The second-order valence-electron chi connectivity index (χ2n) is 5.40. The summed E-state index contributed by atoms with van der Waals surface area (Å²) >= 11 is 0. The van der Waals surface area contributed by atoms with Gasteiger partial charge in [0, 0.05) is 31.1 Å². The number of nitrogens with one attached hydrogen (secondary N) is 2. The largest absolute Gasteiger partial charge is 0.424 e. The number of aromatic amines is 1. The van der Waals surface area contributed by atoms with E-state index in [0.717, 1.165) is 10.9 Å². The van der Waals surface area contributed by atoms with E-state index in [2.05, 4.69) is 20.5 Å². The predicted octanol–water partition coefficient (Wildman–Crippen LogP) is 1.25. The Hall–Kier alpha value is -3.16. The van der Waals surface area contributed by atoms with Gasteiger partial charge in [0.2, 0.25) is 17.7 Å². The Morgan fingerprint density at radius 1 is 1.29 bits per heavy atom. The van der Waals surface area contributed by atoms with Crippen LogP contribution in [0.15, 0.2) is 34.9 Å². The lowest BCUT2D eigenvalue weighted by Gasteiger charge is -2.16. The summed E-state index contributed by atoms with van der Waals surface area (Å²) in [6, 6.07) is 7.52. The molecule has 3 aromatic rings. The number of aromatic nitrogens is 3. The first kappa shape index (κ1) is 15.7. The molecule has 2 amide bonds. The van der Waals surface area contributed by atoms with Crippen LogP contribution in [0.5, 0.6) is 0 Å². The molecule has 0 atom stereocenters. The summed E-state index contributed by atoms with van der Waals surface area (Å²) in [4.78, 5) is 28.9. The SMILES string of the molecule is Cc1nnc(CNC(=O)CN(C)C(=O)c2c[nH]c3ccccc23)o1. The van der Waals surface area contributed by atoms with Gasteiger partial charge >= 0.3 is 0 Å². The summed E-state index contributed by atoms with van der Waals surface area (Å²) in [5.74, 6) is 0.232. The molecule has 0 aliphatic heterocycles. The number of fused-ring (bicyclic) bond motifs is 1. The van der Waals surface area contributed by atoms with E-state index >= 15 is 0 Å². The molecule has 3 rings (SSSR count). The van der Waals surface area contributed by atoms with Gasteiger partial charge in [-0.1, -0.05) is 18.2 Å². The lowest BCUT2D eigenvalue weighted by molar-refractivity contribution is -0.121. The molecule has 8 heteroatoms. The van der Waals surface area contributed by atoms with Crippen LogP contribution in [-0.4, -0.2) is 45.5 Å². The number of hydrogen-bond acceptors (Lipinski definition) is 5. The van der Waals surface area contributed by atoms with E-state index in [1.165, 1.54) is 4.90 Å². The minimum Gasteiger partial charge on any atom is -0.424 e. The molecule has 24 heavy (non-hydrogen) atoms. The first-order valence-electron chi connectivity index (χ1n) is 7.42. The molecular weight excluding hydrogens is 310 g/mol. The van der Waals surface area contributed by atoms with Gasteiger partial charge in [0.25, 0.3) is 5.91 Å². The number of likely N-dealkylation sites (N-methyl/N-ethyl adjacent to an activating group) is 1. The van der Waals surface area contributed by atoms with E-state index in [1.54, 1.807) is 20.2 Å². The van der Waals surface area contributed by atoms with Crippen LogP contribution in [0.2, 0.25) is 0 Å². The summed E-state index contributed by atoms with van der Waals surface area (Å²) < 4.78 is 5.17. The second kappa shape index (κ2) is 6.53. The Labute approximate surface area is 137 Å². The maximum absolute atomic E-state index is 12.5. The second-order valence-corrected chi connectivity index (χ2v) is 5.40. The molecule has 0 fully saturated rings. The van der Waals surface area contributed by atoms with Crippen LogP contribution in [-0.2, 0) is 11.3 Å². The van der Waals surface area contributed by atoms with E-state index in [-0.39, 0.29) is 24.9 Å². The number of benzene rings is 1. The van der Waals surface area contributed by atoms with Crippen LogP contribution in [0.25, 0.3) is 10.9 Å². The smallest absolute Gasteiger partial charge is 0.256 e. The number of carbonyl (C=O) groups is 2. The van der Waals surface area contributed by atoms with Crippen molar-refractivity contribution in [3.8, 4) is 0 Å². The Bertz CT molecular complexity index is 883. The summed E-state index contributed by atoms with van der Waals surface area (Å²) in [5.41, 5.74) is 1.42. The average Bonchev–Trinajstić information content (AvgIpc) is 3.18. The number of aryl methyl sites for hydroxylation is 1. The predicted molar refractivity (Wildman–Crippen MR) is 86.1 cm³/mol. The number of rotatable bonds is 5. The molecule has 0 radical (unpaired) electrons. The zero-order valence-corrected chi connectivity index (χ0v) is 13.4. The fraction of sp³-hybridized carbons (Fsp3) is 0.250. The standard InChI is InChI=1S/C16H17N5O3/c1-10-19-20-15(24-10)8-18-14(22)9-21(2)16(23)12-7-17-13-6-4-3-5-11(12)13/h3-7,17H,8-9H2,1-2H3,(H,18,22). The van der Waals surface area contributed by atoms with Gasteiger partial charge in [-0.3, -0.25) is 9.59 Å². The molecule has 2 N–H and O–H groups in total. The molecule has 124 valence electrons. The maximum atomic E-state index is 12.5. The van der Waals surface area contributed by atoms with Crippen molar-refractivity contribution in [2.45, 2.75) is 13.5 Å². The fourth-order valence-electron chi connectivity index (χ4n) is 2.38. The molecule has 0 bridgehead atoms. The highest BCUT2D eigenvalue weighted by Gasteiger charge is 2.18. The van der Waals surface area contributed by atoms with Crippen molar-refractivity contribution in [2.75, 3.05) is 13.6 Å². The van der Waals surface area contributed by atoms with E-state index in [1.807, 2.05) is 24.3 Å². The maximum Gasteiger partial charge on any atom is 0.256 e. The van der Waals surface area contributed by atoms with Gasteiger partial charge in [-0.25, -0.2) is 0 Å². The van der Waals surface area contributed by atoms with E-state index < -0.39 is 0 Å². The van der Waals surface area contributed by atoms with E-state index in [4.69, 9.17) is 4.42 Å². The highest BCUT2D eigenvalue weighted by molar-refractivity contribution is 6.07. The van der Waals surface area contributed by atoms with Gasteiger partial charge < -0.3 is 19.6 Å². The molecule has 1 aromatic carbocycles. The third kappa shape index (κ3) is 3.27. The van der Waals surface area contributed by atoms with Gasteiger partial charge in [-0.15, -0.1) is 10.2 Å². The molecule has 0 aliphatic carbocycles. The summed E-state index contributed by atoms with van der Waals surface area (Å²) in [7, 11) is 1.58. The van der Waals surface area contributed by atoms with Crippen molar-refractivity contribution in [3.63, 3.8) is 0 Å². The summed E-state index contributed by atoms with van der Waals surface area (Å²) in [5, 5.41) is 10.9. The molecule has 2 aromatic heterocycles. The minimum absolute atomic E-state index is 0.0640. The average molecular weight is 327 g/mol. The number of amides is 2. The Morgan fingerprint density at radius 2 is 2.08 bits per heavy atom. The van der Waals surface area contributed by atoms with Gasteiger partial charge in [0.15, 0.2) is 0 Å². The first-order chi connectivity index (χ1) is 11.5. The zero-order chi connectivity index (χ0) is 17.1. The highest BCUT2D eigenvalue weighted by atomic mass is 16.4. The van der Waals surface area contributed by atoms with Crippen LogP contribution < -0.4 is 5.32 Å². The van der Waals surface area contributed by atoms with Crippen LogP contribution in [0.1, 0.15) is 22.1 Å². The Kier molecular flexibility index (Phi) is 4.28. The molecule has 0 spiro atoms. The molecule has 0 saturated heterocycles. The Morgan fingerprint density at radius 3 is 2.83 bits per heavy atom. The molecule has 0 unspecified atom stereocenters. The van der Waals surface area contributed by atoms with Gasteiger partial charge in [-0.2, -0.15) is 0 Å². The lowest BCUT2D eigenvalue weighted by Crippen LogP contribution is -2.38. The molecule has 2 heterocycles. The summed E-state index contributed by atoms with van der Waals surface area (Å²) in [6.45, 7) is 1.74. The van der Waals surface area contributed by atoms with Gasteiger partial charge in [0.1, 0.15) is 0 Å². The van der Waals surface area contributed by atoms with Crippen molar-refractivity contribution in [1.29, 1.82) is 0 Å². The van der Waals surface area contributed by atoms with E-state index in [0.29, 0.717) is 17.3 Å². The zero-order valence-electron chi connectivity index (χ0n) is 13.4. The van der Waals surface area contributed by atoms with Crippen molar-refractivity contribution >= 4 is 22.7 Å². The van der Waals surface area contributed by atoms with Crippen LogP contribution in [0.4, 0.5) is 0 Å². The first-order valence-corrected chi connectivity index (χ1v) is 7.42.